The quantitative estimate of drug-likeness (QED) is 0.443. The summed E-state index contributed by atoms with van der Waals surface area (Å²) in [5, 5.41) is 0. The van der Waals surface area contributed by atoms with Gasteiger partial charge in [0, 0.05) is 17.3 Å². The molecule has 0 bridgehead atoms. The van der Waals surface area contributed by atoms with E-state index in [-0.39, 0.29) is 5.56 Å². The van der Waals surface area contributed by atoms with Crippen molar-refractivity contribution in [3.05, 3.63) is 77.6 Å². The maximum atomic E-state index is 13.1. The second-order valence-corrected chi connectivity index (χ2v) is 7.02. The third kappa shape index (κ3) is 4.73. The Bertz CT molecular complexity index is 1010. The van der Waals surface area contributed by atoms with E-state index in [1.807, 2.05) is 24.3 Å². The van der Waals surface area contributed by atoms with Crippen LogP contribution in [0.3, 0.4) is 0 Å². The summed E-state index contributed by atoms with van der Waals surface area (Å²) in [6.07, 6.45) is 1.97. The van der Waals surface area contributed by atoms with E-state index in [2.05, 4.69) is 18.5 Å². The van der Waals surface area contributed by atoms with Gasteiger partial charge in [-0.15, -0.1) is 0 Å². The first-order chi connectivity index (χ1) is 13.8. The van der Waals surface area contributed by atoms with Crippen LogP contribution in [-0.4, -0.2) is 9.97 Å². The van der Waals surface area contributed by atoms with Gasteiger partial charge in [0.1, 0.15) is 0 Å². The number of aryl methyl sites for hydroxylation is 2. The van der Waals surface area contributed by atoms with Crippen LogP contribution in [0.1, 0.15) is 42.1 Å². The Hall–Kier alpha value is -2.95. The van der Waals surface area contributed by atoms with Gasteiger partial charge in [-0.25, -0.2) is 4.98 Å². The van der Waals surface area contributed by atoms with Gasteiger partial charge >= 0.3 is 6.18 Å². The number of benzene rings is 2. The molecule has 150 valence electrons. The number of hydrogen-bond acceptors (Lipinski definition) is 2. The van der Waals surface area contributed by atoms with Crippen molar-refractivity contribution in [1.29, 1.82) is 0 Å². The highest BCUT2D eigenvalue weighted by atomic mass is 19.4. The molecule has 0 N–H and O–H groups in total. The lowest BCUT2D eigenvalue weighted by Gasteiger charge is -2.14. The van der Waals surface area contributed by atoms with Gasteiger partial charge in [0.2, 0.25) is 0 Å². The minimum Gasteiger partial charge on any atom is -0.252 e. The standard InChI is InChI=1S/C24H23F3N2/c1-4-6-7-20-15-28-22(19-12-13-21(16(3)14-19)24(25,26)27)23(29-20)18-10-8-17(5-2)9-11-18/h5,8-15H,2,4,6-7H2,1,3H3. The smallest absolute Gasteiger partial charge is 0.252 e. The Morgan fingerprint density at radius 2 is 1.69 bits per heavy atom. The molecular weight excluding hydrogens is 373 g/mol. The summed E-state index contributed by atoms with van der Waals surface area (Å²) in [7, 11) is 0. The summed E-state index contributed by atoms with van der Waals surface area (Å²) in [5.74, 6) is 0. The van der Waals surface area contributed by atoms with E-state index >= 15 is 0 Å². The van der Waals surface area contributed by atoms with Crippen molar-refractivity contribution in [2.45, 2.75) is 39.3 Å². The normalized spacial score (nSPS) is 11.5. The van der Waals surface area contributed by atoms with Crippen molar-refractivity contribution >= 4 is 6.08 Å². The number of rotatable bonds is 6. The maximum Gasteiger partial charge on any atom is 0.416 e. The van der Waals surface area contributed by atoms with E-state index in [1.54, 1.807) is 12.3 Å². The summed E-state index contributed by atoms with van der Waals surface area (Å²) in [6.45, 7) is 7.34. The maximum absolute atomic E-state index is 13.1. The van der Waals surface area contributed by atoms with Crippen molar-refractivity contribution in [2.24, 2.45) is 0 Å². The molecule has 2 aromatic carbocycles. The molecule has 0 saturated heterocycles. The van der Waals surface area contributed by atoms with Gasteiger partial charge in [0.25, 0.3) is 0 Å². The van der Waals surface area contributed by atoms with Gasteiger partial charge < -0.3 is 0 Å². The largest absolute Gasteiger partial charge is 0.416 e. The molecule has 5 heteroatoms. The van der Waals surface area contributed by atoms with Crippen LogP contribution in [0, 0.1) is 6.92 Å². The predicted molar refractivity (Wildman–Crippen MR) is 111 cm³/mol. The summed E-state index contributed by atoms with van der Waals surface area (Å²) >= 11 is 0. The van der Waals surface area contributed by atoms with Gasteiger partial charge in [-0.1, -0.05) is 56.3 Å². The van der Waals surface area contributed by atoms with E-state index in [9.17, 15) is 13.2 Å². The molecule has 0 aliphatic carbocycles. The van der Waals surface area contributed by atoms with Gasteiger partial charge in [0.05, 0.1) is 22.6 Å². The second-order valence-electron chi connectivity index (χ2n) is 7.02. The van der Waals surface area contributed by atoms with Crippen LogP contribution in [0.4, 0.5) is 13.2 Å². The van der Waals surface area contributed by atoms with Gasteiger partial charge in [-0.2, -0.15) is 13.2 Å². The summed E-state index contributed by atoms with van der Waals surface area (Å²) < 4.78 is 39.4. The van der Waals surface area contributed by atoms with Crippen LogP contribution in [0.25, 0.3) is 28.6 Å². The molecule has 3 aromatic rings. The molecule has 0 spiro atoms. The van der Waals surface area contributed by atoms with Crippen LogP contribution in [0.5, 0.6) is 0 Å². The number of hydrogen-bond donors (Lipinski definition) is 0. The van der Waals surface area contributed by atoms with E-state index in [1.165, 1.54) is 19.1 Å². The molecule has 3 rings (SSSR count). The Labute approximate surface area is 169 Å². The second kappa shape index (κ2) is 8.60. The van der Waals surface area contributed by atoms with E-state index in [0.29, 0.717) is 17.0 Å². The van der Waals surface area contributed by atoms with Crippen LogP contribution in [0.2, 0.25) is 0 Å². The zero-order valence-corrected chi connectivity index (χ0v) is 16.6. The summed E-state index contributed by atoms with van der Waals surface area (Å²) in [6, 6.07) is 11.8. The highest BCUT2D eigenvalue weighted by molar-refractivity contribution is 5.78. The monoisotopic (exact) mass is 396 g/mol. The lowest BCUT2D eigenvalue weighted by molar-refractivity contribution is -0.138. The highest BCUT2D eigenvalue weighted by Crippen LogP contribution is 2.35. The minimum absolute atomic E-state index is 0.166. The highest BCUT2D eigenvalue weighted by Gasteiger charge is 2.32. The minimum atomic E-state index is -4.37. The van der Waals surface area contributed by atoms with E-state index < -0.39 is 11.7 Å². The molecule has 0 saturated carbocycles. The lowest BCUT2D eigenvalue weighted by atomic mass is 9.98. The third-order valence-corrected chi connectivity index (χ3v) is 4.83. The molecule has 0 radical (unpaired) electrons. The molecule has 0 amide bonds. The van der Waals surface area contributed by atoms with Crippen molar-refractivity contribution in [2.75, 3.05) is 0 Å². The van der Waals surface area contributed by atoms with Crippen molar-refractivity contribution in [3.63, 3.8) is 0 Å². The van der Waals surface area contributed by atoms with Gasteiger partial charge in [0.15, 0.2) is 0 Å². The zero-order chi connectivity index (χ0) is 21.0. The van der Waals surface area contributed by atoms with Gasteiger partial charge in [-0.3, -0.25) is 4.98 Å². The number of halogens is 3. The number of nitrogens with zero attached hydrogens (tertiary/aromatic N) is 2. The first-order valence-corrected chi connectivity index (χ1v) is 9.60. The van der Waals surface area contributed by atoms with Crippen molar-refractivity contribution < 1.29 is 13.2 Å². The Morgan fingerprint density at radius 1 is 1.00 bits per heavy atom. The predicted octanol–water partition coefficient (Wildman–Crippen LogP) is 7.12. The van der Waals surface area contributed by atoms with Crippen LogP contribution < -0.4 is 0 Å². The average molecular weight is 396 g/mol. The molecule has 1 aromatic heterocycles. The Morgan fingerprint density at radius 3 is 2.28 bits per heavy atom. The fraction of sp³-hybridized carbons (Fsp3) is 0.250. The Kier molecular flexibility index (Phi) is 6.16. The van der Waals surface area contributed by atoms with E-state index in [4.69, 9.17) is 4.98 Å². The molecule has 0 fully saturated rings. The SMILES string of the molecule is C=Cc1ccc(-c2nc(CCCC)cnc2-c2ccc(C(F)(F)F)c(C)c2)cc1. The molecule has 29 heavy (non-hydrogen) atoms. The number of unbranched alkanes of at least 4 members (excludes halogenated alkanes) is 1. The lowest BCUT2D eigenvalue weighted by Crippen LogP contribution is -2.07. The van der Waals surface area contributed by atoms with Crippen LogP contribution in [-0.2, 0) is 12.6 Å². The fourth-order valence-corrected chi connectivity index (χ4v) is 3.22. The fourth-order valence-electron chi connectivity index (χ4n) is 3.22. The molecule has 0 atom stereocenters. The third-order valence-electron chi connectivity index (χ3n) is 4.83. The summed E-state index contributed by atoms with van der Waals surface area (Å²) in [4.78, 5) is 9.39. The number of aromatic nitrogens is 2. The van der Waals surface area contributed by atoms with Crippen molar-refractivity contribution in [3.8, 4) is 22.5 Å². The molecule has 2 nitrogen and oxygen atoms in total. The van der Waals surface area contributed by atoms with Crippen LogP contribution in [0.15, 0.2) is 55.2 Å². The molecule has 0 unspecified atom stereocenters. The first-order valence-electron chi connectivity index (χ1n) is 9.60. The Balaban J connectivity index is 2.12. The average Bonchev–Trinajstić information content (AvgIpc) is 2.71. The number of alkyl halides is 3. The summed E-state index contributed by atoms with van der Waals surface area (Å²) in [5.41, 5.74) is 4.13. The van der Waals surface area contributed by atoms with E-state index in [0.717, 1.165) is 42.1 Å². The molecule has 0 aliphatic heterocycles. The zero-order valence-electron chi connectivity index (χ0n) is 16.6. The topological polar surface area (TPSA) is 25.8 Å². The van der Waals surface area contributed by atoms with Crippen molar-refractivity contribution in [1.82, 2.24) is 9.97 Å². The van der Waals surface area contributed by atoms with Gasteiger partial charge in [-0.05, 0) is 43.0 Å². The molecule has 0 aliphatic rings. The molecule has 1 heterocycles. The first kappa shape index (κ1) is 20.8. The molecular formula is C24H23F3N2. The van der Waals surface area contributed by atoms with Crippen LogP contribution >= 0.6 is 0 Å².